The van der Waals surface area contributed by atoms with E-state index in [9.17, 15) is 13.2 Å². The predicted molar refractivity (Wildman–Crippen MR) is 104 cm³/mol. The number of hydrogen-bond acceptors (Lipinski definition) is 4. The molecule has 2 N–H and O–H groups in total. The van der Waals surface area contributed by atoms with Gasteiger partial charge in [0, 0.05) is 39.1 Å². The largest absolute Gasteiger partial charge is 0.342 e. The molecule has 0 bridgehead atoms. The number of hydrogen-bond donors (Lipinski definition) is 1. The van der Waals surface area contributed by atoms with Crippen LogP contribution in [0.25, 0.3) is 0 Å². The molecule has 0 radical (unpaired) electrons. The lowest BCUT2D eigenvalue weighted by atomic mass is 9.96. The molecule has 2 aliphatic rings. The second-order valence-corrected chi connectivity index (χ2v) is 9.17. The average Bonchev–Trinajstić information content (AvgIpc) is 2.79. The molecule has 8 heteroatoms. The first-order valence-electron chi connectivity index (χ1n) is 8.92. The minimum atomic E-state index is -3.50. The van der Waals surface area contributed by atoms with Crippen molar-refractivity contribution in [2.24, 2.45) is 11.7 Å². The number of nitrogens with two attached hydrogens (primary N) is 1. The molecule has 0 aromatic heterocycles. The Labute approximate surface area is 162 Å². The van der Waals surface area contributed by atoms with Crippen molar-refractivity contribution in [2.75, 3.05) is 26.2 Å². The highest BCUT2D eigenvalue weighted by Crippen LogP contribution is 2.26. The van der Waals surface area contributed by atoms with E-state index in [0.717, 1.165) is 17.5 Å². The van der Waals surface area contributed by atoms with Crippen LogP contribution in [0.4, 0.5) is 0 Å². The number of sulfonamides is 1. The maximum absolute atomic E-state index is 13.0. The van der Waals surface area contributed by atoms with Crippen molar-refractivity contribution in [3.8, 4) is 0 Å². The van der Waals surface area contributed by atoms with Crippen LogP contribution in [-0.4, -0.2) is 55.8 Å². The summed E-state index contributed by atoms with van der Waals surface area (Å²) in [6.45, 7) is 5.85. The molecule has 0 saturated carbocycles. The van der Waals surface area contributed by atoms with Gasteiger partial charge in [-0.1, -0.05) is 13.0 Å². The van der Waals surface area contributed by atoms with Crippen LogP contribution in [0.2, 0.25) is 0 Å². The van der Waals surface area contributed by atoms with Gasteiger partial charge in [-0.25, -0.2) is 8.42 Å². The van der Waals surface area contributed by atoms with Crippen LogP contribution in [0.5, 0.6) is 0 Å². The third-order valence-electron chi connectivity index (χ3n) is 5.50. The van der Waals surface area contributed by atoms with Gasteiger partial charge in [0.2, 0.25) is 15.9 Å². The highest BCUT2D eigenvalue weighted by molar-refractivity contribution is 7.89. The van der Waals surface area contributed by atoms with Crippen molar-refractivity contribution >= 4 is 28.3 Å². The van der Waals surface area contributed by atoms with E-state index < -0.39 is 10.0 Å². The standard InChI is InChI=1S/C18H27N3O3S.ClH/c1-13-12-21(10-7-18(13)19)25(23,24)17-4-3-15-5-8-20(14(2)22)9-6-16(15)11-17;/h3-4,11,13,18H,5-10,12,19H2,1-2H3;1H. The number of piperidine rings is 1. The van der Waals surface area contributed by atoms with Crippen LogP contribution < -0.4 is 5.73 Å². The molecule has 0 aliphatic carbocycles. The zero-order valence-electron chi connectivity index (χ0n) is 15.3. The summed E-state index contributed by atoms with van der Waals surface area (Å²) >= 11 is 0. The zero-order chi connectivity index (χ0) is 18.2. The van der Waals surface area contributed by atoms with E-state index in [1.165, 1.54) is 0 Å². The highest BCUT2D eigenvalue weighted by Gasteiger charge is 2.32. The number of carbonyl (C=O) groups is 1. The molecular weight excluding hydrogens is 374 g/mol. The van der Waals surface area contributed by atoms with E-state index in [4.69, 9.17) is 5.73 Å². The van der Waals surface area contributed by atoms with Gasteiger partial charge in [-0.3, -0.25) is 4.79 Å². The molecule has 1 fully saturated rings. The monoisotopic (exact) mass is 401 g/mol. The van der Waals surface area contributed by atoms with Gasteiger partial charge in [-0.15, -0.1) is 12.4 Å². The third kappa shape index (κ3) is 4.22. The van der Waals surface area contributed by atoms with Gasteiger partial charge in [-0.2, -0.15) is 4.31 Å². The van der Waals surface area contributed by atoms with E-state index in [0.29, 0.717) is 43.9 Å². The van der Waals surface area contributed by atoms with Crippen LogP contribution in [-0.2, 0) is 27.7 Å². The molecule has 1 aromatic rings. The Balaban J connectivity index is 0.00000243. The summed E-state index contributed by atoms with van der Waals surface area (Å²) in [5.74, 6) is 0.229. The number of rotatable bonds is 2. The second-order valence-electron chi connectivity index (χ2n) is 7.23. The minimum Gasteiger partial charge on any atom is -0.342 e. The van der Waals surface area contributed by atoms with Crippen LogP contribution in [0.1, 0.15) is 31.4 Å². The number of carbonyl (C=O) groups excluding carboxylic acids is 1. The summed E-state index contributed by atoms with van der Waals surface area (Å²) in [5, 5.41) is 0. The maximum atomic E-state index is 13.0. The molecule has 1 saturated heterocycles. The molecule has 3 rings (SSSR count). The lowest BCUT2D eigenvalue weighted by Gasteiger charge is -2.34. The van der Waals surface area contributed by atoms with E-state index >= 15 is 0 Å². The highest BCUT2D eigenvalue weighted by atomic mass is 35.5. The summed E-state index contributed by atoms with van der Waals surface area (Å²) < 4.78 is 27.6. The summed E-state index contributed by atoms with van der Waals surface area (Å²) in [4.78, 5) is 13.8. The maximum Gasteiger partial charge on any atom is 0.243 e. The van der Waals surface area contributed by atoms with Gasteiger partial charge in [0.1, 0.15) is 0 Å². The zero-order valence-corrected chi connectivity index (χ0v) is 17.0. The van der Waals surface area contributed by atoms with Gasteiger partial charge in [0.15, 0.2) is 0 Å². The van der Waals surface area contributed by atoms with E-state index in [-0.39, 0.29) is 30.3 Å². The summed E-state index contributed by atoms with van der Waals surface area (Å²) in [6.07, 6.45) is 2.16. The Morgan fingerprint density at radius 2 is 1.81 bits per heavy atom. The van der Waals surface area contributed by atoms with Crippen LogP contribution in [0.3, 0.4) is 0 Å². The molecule has 2 aliphatic heterocycles. The summed E-state index contributed by atoms with van der Waals surface area (Å²) in [5.41, 5.74) is 8.18. The summed E-state index contributed by atoms with van der Waals surface area (Å²) in [7, 11) is -3.50. The van der Waals surface area contributed by atoms with Gasteiger partial charge in [-0.05, 0) is 48.4 Å². The Morgan fingerprint density at radius 1 is 1.15 bits per heavy atom. The molecule has 146 valence electrons. The van der Waals surface area contributed by atoms with Crippen molar-refractivity contribution in [3.63, 3.8) is 0 Å². The van der Waals surface area contributed by atoms with Crippen molar-refractivity contribution in [1.82, 2.24) is 9.21 Å². The number of fused-ring (bicyclic) bond motifs is 1. The molecule has 2 heterocycles. The number of nitrogens with zero attached hydrogens (tertiary/aromatic N) is 2. The molecule has 26 heavy (non-hydrogen) atoms. The first kappa shape index (κ1) is 21.2. The van der Waals surface area contributed by atoms with Crippen LogP contribution >= 0.6 is 12.4 Å². The van der Waals surface area contributed by atoms with Crippen molar-refractivity contribution in [3.05, 3.63) is 29.3 Å². The molecule has 1 amide bonds. The predicted octanol–water partition coefficient (Wildman–Crippen LogP) is 1.41. The number of halogens is 1. The summed E-state index contributed by atoms with van der Waals surface area (Å²) in [6, 6.07) is 5.48. The molecule has 2 unspecified atom stereocenters. The first-order valence-corrected chi connectivity index (χ1v) is 10.4. The van der Waals surface area contributed by atoms with Crippen molar-refractivity contribution < 1.29 is 13.2 Å². The molecule has 6 nitrogen and oxygen atoms in total. The van der Waals surface area contributed by atoms with E-state index in [2.05, 4.69) is 0 Å². The Hall–Kier alpha value is -1.15. The Morgan fingerprint density at radius 3 is 2.42 bits per heavy atom. The van der Waals surface area contributed by atoms with Gasteiger partial charge in [0.25, 0.3) is 0 Å². The van der Waals surface area contributed by atoms with Crippen LogP contribution in [0, 0.1) is 5.92 Å². The first-order chi connectivity index (χ1) is 11.8. The van der Waals surface area contributed by atoms with E-state index in [1.807, 2.05) is 17.9 Å². The van der Waals surface area contributed by atoms with Gasteiger partial charge < -0.3 is 10.6 Å². The van der Waals surface area contributed by atoms with Crippen LogP contribution in [0.15, 0.2) is 23.1 Å². The van der Waals surface area contributed by atoms with Crippen molar-refractivity contribution in [2.45, 2.75) is 44.0 Å². The number of benzene rings is 1. The Kier molecular flexibility index (Phi) is 6.71. The quantitative estimate of drug-likeness (QED) is 0.812. The minimum absolute atomic E-state index is 0. The SMILES string of the molecule is CC(=O)N1CCc2ccc(S(=O)(=O)N3CCC(N)C(C)C3)cc2CC1.Cl. The molecule has 1 aromatic carbocycles. The van der Waals surface area contributed by atoms with Gasteiger partial charge >= 0.3 is 0 Å². The third-order valence-corrected chi connectivity index (χ3v) is 7.36. The molecule has 2 atom stereocenters. The van der Waals surface area contributed by atoms with Crippen molar-refractivity contribution in [1.29, 1.82) is 0 Å². The fourth-order valence-electron chi connectivity index (χ4n) is 3.67. The smallest absolute Gasteiger partial charge is 0.243 e. The second kappa shape index (κ2) is 8.25. The average molecular weight is 402 g/mol. The molecule has 0 spiro atoms. The number of amides is 1. The lowest BCUT2D eigenvalue weighted by Crippen LogP contribution is -2.48. The molecular formula is C18H28ClN3O3S. The van der Waals surface area contributed by atoms with Gasteiger partial charge in [0.05, 0.1) is 4.90 Å². The topological polar surface area (TPSA) is 83.7 Å². The normalized spacial score (nSPS) is 24.3. The lowest BCUT2D eigenvalue weighted by molar-refractivity contribution is -0.128. The fraction of sp³-hybridized carbons (Fsp3) is 0.611. The Bertz CT molecular complexity index is 769. The van der Waals surface area contributed by atoms with E-state index in [1.54, 1.807) is 23.4 Å². The fourth-order valence-corrected chi connectivity index (χ4v) is 5.28.